The number of likely N-dealkylation sites (tertiary alicyclic amines) is 1. The topological polar surface area (TPSA) is 63.9 Å². The number of hydrogen-bond acceptors (Lipinski definition) is 5. The van der Waals surface area contributed by atoms with Gasteiger partial charge in [-0.05, 0) is 34.7 Å². The highest BCUT2D eigenvalue weighted by Crippen LogP contribution is 2.34. The summed E-state index contributed by atoms with van der Waals surface area (Å²) in [4.78, 5) is 15.4. The van der Waals surface area contributed by atoms with Crippen molar-refractivity contribution in [3.63, 3.8) is 0 Å². The minimum atomic E-state index is 0.0817. The van der Waals surface area contributed by atoms with Gasteiger partial charge in [0.2, 0.25) is 5.91 Å². The molecule has 1 fully saturated rings. The lowest BCUT2D eigenvalue weighted by Crippen LogP contribution is -2.33. The van der Waals surface area contributed by atoms with Crippen molar-refractivity contribution in [2.75, 3.05) is 6.54 Å². The molecule has 2 aromatic heterocycles. The van der Waals surface area contributed by atoms with E-state index in [-0.39, 0.29) is 18.5 Å². The molecule has 2 aromatic rings. The Labute approximate surface area is 108 Å². The van der Waals surface area contributed by atoms with Crippen LogP contribution in [0.1, 0.15) is 23.8 Å². The third-order valence-corrected chi connectivity index (χ3v) is 4.11. The first-order valence-corrected chi connectivity index (χ1v) is 6.76. The number of hydrogen-bond donors (Lipinski definition) is 0. The summed E-state index contributed by atoms with van der Waals surface area (Å²) >= 11 is 1.71. The minimum Gasteiger partial charge on any atom is -0.333 e. The fourth-order valence-electron chi connectivity index (χ4n) is 2.32. The zero-order valence-electron chi connectivity index (χ0n) is 9.77. The van der Waals surface area contributed by atoms with E-state index >= 15 is 0 Å². The van der Waals surface area contributed by atoms with Gasteiger partial charge in [0.1, 0.15) is 12.9 Å². The van der Waals surface area contributed by atoms with Gasteiger partial charge in [-0.25, -0.2) is 4.68 Å². The monoisotopic (exact) mass is 263 g/mol. The summed E-state index contributed by atoms with van der Waals surface area (Å²) in [5.74, 6) is 0.0817. The number of carbonyl (C=O) groups excluding carboxylic acids is 1. The Morgan fingerprint density at radius 3 is 3.22 bits per heavy atom. The first kappa shape index (κ1) is 11.3. The average Bonchev–Trinajstić information content (AvgIpc) is 3.11. The van der Waals surface area contributed by atoms with E-state index in [0.29, 0.717) is 0 Å². The van der Waals surface area contributed by atoms with Crippen molar-refractivity contribution < 1.29 is 4.79 Å². The van der Waals surface area contributed by atoms with Crippen LogP contribution in [0.3, 0.4) is 0 Å². The standard InChI is InChI=1S/C11H13N5OS/c17-11(7-15-8-12-13-14-15)16-5-1-3-9(16)10-4-2-6-18-10/h2,4,6,8-9H,1,3,5,7H2. The molecule has 0 aromatic carbocycles. The largest absolute Gasteiger partial charge is 0.333 e. The van der Waals surface area contributed by atoms with E-state index < -0.39 is 0 Å². The van der Waals surface area contributed by atoms with Gasteiger partial charge in [-0.2, -0.15) is 0 Å². The van der Waals surface area contributed by atoms with Crippen LogP contribution in [-0.2, 0) is 11.3 Å². The second kappa shape index (κ2) is 4.85. The van der Waals surface area contributed by atoms with Crippen molar-refractivity contribution in [3.05, 3.63) is 28.7 Å². The van der Waals surface area contributed by atoms with Crippen LogP contribution >= 0.6 is 11.3 Å². The van der Waals surface area contributed by atoms with E-state index in [9.17, 15) is 4.79 Å². The van der Waals surface area contributed by atoms with Crippen LogP contribution in [0, 0.1) is 0 Å². The van der Waals surface area contributed by atoms with Gasteiger partial charge in [0.25, 0.3) is 0 Å². The van der Waals surface area contributed by atoms with Crippen LogP contribution in [-0.4, -0.2) is 37.6 Å². The molecule has 1 atom stereocenters. The third kappa shape index (κ3) is 2.13. The van der Waals surface area contributed by atoms with Gasteiger partial charge in [-0.3, -0.25) is 4.79 Å². The van der Waals surface area contributed by atoms with Crippen LogP contribution in [0.25, 0.3) is 0 Å². The van der Waals surface area contributed by atoms with Crippen molar-refractivity contribution in [2.45, 2.75) is 25.4 Å². The quantitative estimate of drug-likeness (QED) is 0.831. The number of aromatic nitrogens is 4. The smallest absolute Gasteiger partial charge is 0.244 e. The van der Waals surface area contributed by atoms with Gasteiger partial charge in [0.05, 0.1) is 6.04 Å². The molecule has 6 nitrogen and oxygen atoms in total. The average molecular weight is 263 g/mol. The number of nitrogens with zero attached hydrogens (tertiary/aromatic N) is 5. The molecule has 0 aliphatic carbocycles. The van der Waals surface area contributed by atoms with Crippen molar-refractivity contribution in [2.24, 2.45) is 0 Å². The molecule has 3 heterocycles. The molecule has 1 amide bonds. The highest BCUT2D eigenvalue weighted by molar-refractivity contribution is 7.10. The van der Waals surface area contributed by atoms with Gasteiger partial charge in [-0.1, -0.05) is 6.07 Å². The first-order valence-electron chi connectivity index (χ1n) is 5.88. The number of amides is 1. The number of tetrazole rings is 1. The maximum Gasteiger partial charge on any atom is 0.244 e. The minimum absolute atomic E-state index is 0.0817. The zero-order chi connectivity index (χ0) is 12.4. The number of carbonyl (C=O) groups is 1. The summed E-state index contributed by atoms with van der Waals surface area (Å²) in [5, 5.41) is 12.8. The van der Waals surface area contributed by atoms with E-state index in [0.717, 1.165) is 19.4 Å². The molecular formula is C11H13N5OS. The molecule has 18 heavy (non-hydrogen) atoms. The summed E-state index contributed by atoms with van der Waals surface area (Å²) < 4.78 is 1.46. The fourth-order valence-corrected chi connectivity index (χ4v) is 3.20. The van der Waals surface area contributed by atoms with Gasteiger partial charge >= 0.3 is 0 Å². The Kier molecular flexibility index (Phi) is 3.06. The molecule has 0 N–H and O–H groups in total. The highest BCUT2D eigenvalue weighted by atomic mass is 32.1. The molecule has 1 aliphatic rings. The molecule has 0 saturated carbocycles. The molecule has 1 saturated heterocycles. The second-order valence-electron chi connectivity index (χ2n) is 4.27. The van der Waals surface area contributed by atoms with E-state index in [2.05, 4.69) is 27.0 Å². The SMILES string of the molecule is O=C(Cn1cnnn1)N1CCCC1c1cccs1. The van der Waals surface area contributed by atoms with Gasteiger partial charge in [0, 0.05) is 11.4 Å². The van der Waals surface area contributed by atoms with Gasteiger partial charge in [-0.15, -0.1) is 16.4 Å². The molecule has 1 unspecified atom stereocenters. The Bertz CT molecular complexity index is 510. The molecule has 0 bridgehead atoms. The maximum atomic E-state index is 12.2. The Hall–Kier alpha value is -1.76. The first-order chi connectivity index (χ1) is 8.84. The lowest BCUT2D eigenvalue weighted by atomic mass is 10.2. The Morgan fingerprint density at radius 1 is 1.56 bits per heavy atom. The van der Waals surface area contributed by atoms with Crippen molar-refractivity contribution >= 4 is 17.2 Å². The maximum absolute atomic E-state index is 12.2. The summed E-state index contributed by atoms with van der Waals surface area (Å²) in [6, 6.07) is 4.36. The lowest BCUT2D eigenvalue weighted by molar-refractivity contribution is -0.132. The summed E-state index contributed by atoms with van der Waals surface area (Å²) in [6.45, 7) is 1.04. The summed E-state index contributed by atoms with van der Waals surface area (Å²) in [6.07, 6.45) is 3.57. The predicted molar refractivity (Wildman–Crippen MR) is 65.8 cm³/mol. The molecular weight excluding hydrogens is 250 g/mol. The molecule has 3 rings (SSSR count). The van der Waals surface area contributed by atoms with Crippen LogP contribution < -0.4 is 0 Å². The van der Waals surface area contributed by atoms with Crippen LogP contribution in [0.5, 0.6) is 0 Å². The molecule has 7 heteroatoms. The highest BCUT2D eigenvalue weighted by Gasteiger charge is 2.30. The second-order valence-corrected chi connectivity index (χ2v) is 5.25. The Balaban J connectivity index is 1.73. The van der Waals surface area contributed by atoms with Crippen molar-refractivity contribution in [1.29, 1.82) is 0 Å². The summed E-state index contributed by atoms with van der Waals surface area (Å²) in [7, 11) is 0. The van der Waals surface area contributed by atoms with Gasteiger partial charge < -0.3 is 4.90 Å². The Morgan fingerprint density at radius 2 is 2.50 bits per heavy atom. The third-order valence-electron chi connectivity index (χ3n) is 3.13. The van der Waals surface area contributed by atoms with Gasteiger partial charge in [0.15, 0.2) is 0 Å². The van der Waals surface area contributed by atoms with E-state index in [4.69, 9.17) is 0 Å². The predicted octanol–water partition coefficient (Wildman–Crippen LogP) is 1.10. The zero-order valence-corrected chi connectivity index (χ0v) is 10.6. The normalized spacial score (nSPS) is 19.3. The van der Waals surface area contributed by atoms with Crippen LogP contribution in [0.4, 0.5) is 0 Å². The van der Waals surface area contributed by atoms with E-state index in [1.807, 2.05) is 11.0 Å². The van der Waals surface area contributed by atoms with E-state index in [1.54, 1.807) is 11.3 Å². The van der Waals surface area contributed by atoms with Crippen molar-refractivity contribution in [1.82, 2.24) is 25.1 Å². The number of thiophene rings is 1. The molecule has 0 spiro atoms. The molecule has 1 aliphatic heterocycles. The lowest BCUT2D eigenvalue weighted by Gasteiger charge is -2.23. The molecule has 94 valence electrons. The summed E-state index contributed by atoms with van der Waals surface area (Å²) in [5.41, 5.74) is 0. The van der Waals surface area contributed by atoms with Crippen LogP contribution in [0.2, 0.25) is 0 Å². The fraction of sp³-hybridized carbons (Fsp3) is 0.455. The molecule has 0 radical (unpaired) electrons. The number of rotatable bonds is 3. The van der Waals surface area contributed by atoms with E-state index in [1.165, 1.54) is 15.9 Å². The van der Waals surface area contributed by atoms with Crippen molar-refractivity contribution in [3.8, 4) is 0 Å². The van der Waals surface area contributed by atoms with Crippen LogP contribution in [0.15, 0.2) is 23.8 Å².